The van der Waals surface area contributed by atoms with Crippen LogP contribution in [0.5, 0.6) is 11.5 Å². The molecule has 2 aromatic rings. The van der Waals surface area contributed by atoms with E-state index >= 15 is 0 Å². The van der Waals surface area contributed by atoms with Gasteiger partial charge in [-0.3, -0.25) is 24.5 Å². The van der Waals surface area contributed by atoms with Crippen LogP contribution in [0.25, 0.3) is 0 Å². The van der Waals surface area contributed by atoms with Crippen LogP contribution in [0, 0.1) is 11.8 Å². The molecule has 0 saturated carbocycles. The molecule has 4 saturated heterocycles. The third-order valence-corrected chi connectivity index (χ3v) is 23.2. The first-order valence-electron chi connectivity index (χ1n) is 33.1. The Kier molecular flexibility index (Phi) is 26.5. The highest BCUT2D eigenvalue weighted by molar-refractivity contribution is 8.76. The van der Waals surface area contributed by atoms with Gasteiger partial charge in [0.2, 0.25) is 30.0 Å². The van der Waals surface area contributed by atoms with Gasteiger partial charge in [0, 0.05) is 91.4 Å². The summed E-state index contributed by atoms with van der Waals surface area (Å²) >= 11 is 13.7. The quantitative estimate of drug-likeness (QED) is 0.0339. The van der Waals surface area contributed by atoms with Crippen molar-refractivity contribution in [2.24, 2.45) is 11.8 Å². The molecule has 6 aliphatic rings. The number of methoxy groups -OCH3 is 4. The van der Waals surface area contributed by atoms with Gasteiger partial charge in [-0.05, 0) is 89.8 Å². The smallest absolute Gasteiger partial charge is 0.409 e. The molecule has 8 bridgehead atoms. The first-order chi connectivity index (χ1) is 47.1. The van der Waals surface area contributed by atoms with E-state index in [4.69, 9.17) is 70.6 Å². The number of hydrogen-bond acceptors (Lipinski definition) is 23. The van der Waals surface area contributed by atoms with Gasteiger partial charge in [-0.15, -0.1) is 0 Å². The van der Waals surface area contributed by atoms with Crippen LogP contribution in [-0.4, -0.2) is 225 Å². The topological polar surface area (TPSA) is 316 Å². The molecule has 0 spiro atoms. The lowest BCUT2D eigenvalue weighted by Crippen LogP contribution is -2.65. The van der Waals surface area contributed by atoms with E-state index in [1.54, 1.807) is 90.4 Å². The van der Waals surface area contributed by atoms with Crippen molar-refractivity contribution in [2.75, 3.05) is 77.9 Å². The number of aliphatic hydroxyl groups excluding tert-OH is 1. The highest BCUT2D eigenvalue weighted by Crippen LogP contribution is 2.51. The molecule has 100 heavy (non-hydrogen) atoms. The number of benzene rings is 2. The second-order valence-electron chi connectivity index (χ2n) is 27.1. The molecular formula is C70H96Cl2N6O20S2. The lowest BCUT2D eigenvalue weighted by molar-refractivity contribution is -0.271. The molecule has 6 aliphatic heterocycles. The molecule has 17 atom stereocenters. The Labute approximate surface area is 602 Å². The number of anilines is 2. The number of epoxide rings is 2. The lowest BCUT2D eigenvalue weighted by atomic mass is 9.83. The number of carbonyl (C=O) groups excluding carboxylic acids is 7. The number of alkyl carbamates (subject to hydrolysis) is 1. The zero-order valence-corrected chi connectivity index (χ0v) is 62.6. The van der Waals surface area contributed by atoms with Crippen LogP contribution in [0.1, 0.15) is 105 Å². The fourth-order valence-electron chi connectivity index (χ4n) is 13.3. The van der Waals surface area contributed by atoms with Gasteiger partial charge in [-0.25, -0.2) is 19.7 Å². The average molecular weight is 1480 g/mol. The van der Waals surface area contributed by atoms with Gasteiger partial charge < -0.3 is 82.3 Å². The summed E-state index contributed by atoms with van der Waals surface area (Å²) in [5.74, 6) is -3.39. The molecule has 2 aromatic carbocycles. The Bertz CT molecular complexity index is 3510. The molecule has 5 N–H and O–H groups in total. The van der Waals surface area contributed by atoms with Gasteiger partial charge in [-0.1, -0.05) is 106 Å². The number of carbonyl (C=O) groups is 7. The molecule has 26 nitrogen and oxygen atoms in total. The summed E-state index contributed by atoms with van der Waals surface area (Å²) in [6.45, 7) is 13.8. The number of rotatable bonds is 17. The highest BCUT2D eigenvalue weighted by Gasteiger charge is 2.66. The number of nitrogens with zero attached hydrogens (tertiary/aromatic N) is 4. The Morgan fingerprint density at radius 3 is 1.51 bits per heavy atom. The SMILES string of the molecule is COc1cc2cc(c1Cl)N(C)C(=O)CC(OC(=O)C(C)N(C)C(=O)CCSSCCC(=O)N(C)C(C)C(=O)OC1CC(=O)N(C)c3cc(cc(OC)c3Cl)C/C(C)=C/C=C/C(OC)C3(O)CC(OC(O)N3)C(C)C3OC13C)C1(C)OC1C(C)C1CC(O)(NC(=O)O1)C(OC)/C=C/C=C(\C)C2. The summed E-state index contributed by atoms with van der Waals surface area (Å²) < 4.78 is 59.5. The number of nitrogens with one attached hydrogen (secondary N) is 2. The van der Waals surface area contributed by atoms with E-state index in [-0.39, 0.29) is 53.7 Å². The Balaban J connectivity index is 0.887. The van der Waals surface area contributed by atoms with Crippen LogP contribution in [-0.2, 0) is 79.5 Å². The average Bonchev–Trinajstić information content (AvgIpc) is 1.58. The summed E-state index contributed by atoms with van der Waals surface area (Å²) in [5, 5.41) is 40.4. The molecule has 0 aromatic heterocycles. The van der Waals surface area contributed by atoms with Gasteiger partial charge in [0.1, 0.15) is 75.3 Å². The lowest BCUT2D eigenvalue weighted by Gasteiger charge is -2.44. The molecule has 5 amide bonds. The van der Waals surface area contributed by atoms with Crippen LogP contribution in [0.4, 0.5) is 16.2 Å². The zero-order valence-electron chi connectivity index (χ0n) is 59.5. The molecule has 0 aliphatic carbocycles. The standard InChI is InChI=1S/C70H96Cl2N6O20S2/c1-37-19-17-21-51(91-15)69(87)35-49(93-65(85)73-69)39(3)61-67(7,97-61)53(33-57(81)77(11)45-29-43(27-37)31-47(89-13)59(45)71)95-63(83)41(5)75(9)55(79)23-25-99-100-26-24-56(80)76(10)42(6)64(84)96-54-34-58(82)78(12)46-30-44(32-48(90-14)60(46)72)28-38(2)20-18-22-52(92-16)70(88)36-50(94-66(86)74-70)40(4)62-68(54,8)98-62/h17-22,29-32,39-42,49-54,61-62,65,73,85,87-88H,23-28,33-36H2,1-16H3,(H,74,86)/b21-17+,22-18+,37-19+,38-20+. The predicted octanol–water partition coefficient (Wildman–Crippen LogP) is 7.36. The second-order valence-corrected chi connectivity index (χ2v) is 30.5. The van der Waals surface area contributed by atoms with Crippen LogP contribution in [0.2, 0.25) is 10.0 Å². The summed E-state index contributed by atoms with van der Waals surface area (Å²) in [7, 11) is 14.5. The van der Waals surface area contributed by atoms with Gasteiger partial charge >= 0.3 is 18.0 Å². The first-order valence-corrected chi connectivity index (χ1v) is 36.4. The van der Waals surface area contributed by atoms with Crippen molar-refractivity contribution in [1.29, 1.82) is 0 Å². The first kappa shape index (κ1) is 79.7. The molecular weight excluding hydrogens is 1380 g/mol. The van der Waals surface area contributed by atoms with Crippen LogP contribution in [0.3, 0.4) is 0 Å². The number of aliphatic hydroxyl groups is 3. The van der Waals surface area contributed by atoms with Crippen molar-refractivity contribution in [3.05, 3.63) is 93.0 Å². The maximum atomic E-state index is 14.5. The molecule has 17 unspecified atom stereocenters. The van der Waals surface area contributed by atoms with E-state index in [0.717, 1.165) is 22.3 Å². The second kappa shape index (κ2) is 33.2. The molecule has 0 radical (unpaired) electrons. The molecule has 8 rings (SSSR count). The summed E-state index contributed by atoms with van der Waals surface area (Å²) in [6.07, 6.45) is 0.114. The third kappa shape index (κ3) is 18.1. The number of amides is 5. The van der Waals surface area contributed by atoms with Gasteiger partial charge in [-0.2, -0.15) is 0 Å². The van der Waals surface area contributed by atoms with Crippen molar-refractivity contribution in [3.63, 3.8) is 0 Å². The summed E-state index contributed by atoms with van der Waals surface area (Å²) in [4.78, 5) is 103. The number of allylic oxidation sites excluding steroid dienone is 6. The minimum Gasteiger partial charge on any atom is -0.495 e. The molecule has 6 heterocycles. The Hall–Kier alpha value is -5.99. The monoisotopic (exact) mass is 1470 g/mol. The van der Waals surface area contributed by atoms with E-state index in [2.05, 4.69) is 10.6 Å². The van der Waals surface area contributed by atoms with E-state index in [1.807, 2.05) is 26.0 Å². The number of hydrogen-bond donors (Lipinski definition) is 5. The molecule has 4 fully saturated rings. The third-order valence-electron chi connectivity index (χ3n) is 20.0. The largest absolute Gasteiger partial charge is 0.495 e. The van der Waals surface area contributed by atoms with Crippen molar-refractivity contribution in [3.8, 4) is 11.5 Å². The van der Waals surface area contributed by atoms with Crippen LogP contribution < -0.4 is 29.9 Å². The fraction of sp³-hybridized carbons (Fsp3) is 0.614. The Morgan fingerprint density at radius 2 is 1.09 bits per heavy atom. The van der Waals surface area contributed by atoms with Gasteiger partial charge in [0.05, 0.1) is 56.7 Å². The number of halogens is 2. The number of ether oxygens (including phenoxy) is 10. The number of esters is 2. The summed E-state index contributed by atoms with van der Waals surface area (Å²) in [6, 6.07) is 4.78. The minimum absolute atomic E-state index is 0.00779. The van der Waals surface area contributed by atoms with Crippen molar-refractivity contribution >= 4 is 97.8 Å². The van der Waals surface area contributed by atoms with Gasteiger partial charge in [0.15, 0.2) is 11.4 Å². The normalized spacial score (nSPS) is 33.4. The predicted molar refractivity (Wildman–Crippen MR) is 377 cm³/mol. The highest BCUT2D eigenvalue weighted by atomic mass is 35.5. The van der Waals surface area contributed by atoms with Gasteiger partial charge in [0.25, 0.3) is 0 Å². The summed E-state index contributed by atoms with van der Waals surface area (Å²) in [5.41, 5.74) is -2.37. The zero-order chi connectivity index (χ0) is 73.7. The van der Waals surface area contributed by atoms with Crippen LogP contribution in [0.15, 0.2) is 71.9 Å². The minimum atomic E-state index is -1.90. The van der Waals surface area contributed by atoms with Crippen molar-refractivity contribution < 1.29 is 96.2 Å². The molecule has 30 heteroatoms. The number of fused-ring (bicyclic) bond motifs is 10. The van der Waals surface area contributed by atoms with E-state index in [9.17, 15) is 48.9 Å². The van der Waals surface area contributed by atoms with Crippen molar-refractivity contribution in [1.82, 2.24) is 20.4 Å². The van der Waals surface area contributed by atoms with E-state index < -0.39 is 150 Å². The maximum Gasteiger partial charge on any atom is 0.409 e. The van der Waals surface area contributed by atoms with Crippen LogP contribution >= 0.6 is 44.8 Å². The molecule has 552 valence electrons. The van der Waals surface area contributed by atoms with E-state index in [0.29, 0.717) is 35.7 Å². The maximum absolute atomic E-state index is 14.5. The fourth-order valence-corrected chi connectivity index (χ4v) is 15.9. The Morgan fingerprint density at radius 1 is 0.680 bits per heavy atom. The van der Waals surface area contributed by atoms with E-state index in [1.165, 1.54) is 97.6 Å². The van der Waals surface area contributed by atoms with Crippen molar-refractivity contribution in [2.45, 2.75) is 197 Å². The number of likely N-dealkylation sites (N-methyl/N-ethyl adjacent to an activating group) is 2.